The van der Waals surface area contributed by atoms with Gasteiger partial charge < -0.3 is 10.2 Å². The Bertz CT molecular complexity index is 394. The van der Waals surface area contributed by atoms with Gasteiger partial charge in [-0.15, -0.1) is 0 Å². The third-order valence-electron chi connectivity index (χ3n) is 1.63. The number of nitrogens with one attached hydrogen (secondary N) is 2. The Morgan fingerprint density at radius 3 is 2.21 bits per heavy atom. The predicted octanol–water partition coefficient (Wildman–Crippen LogP) is 1.40. The van der Waals surface area contributed by atoms with Gasteiger partial charge in [-0.3, -0.25) is 9.89 Å². The first kappa shape index (κ1) is 10.1. The molecule has 0 aliphatic rings. The Kier molecular flexibility index (Phi) is 3.55. The van der Waals surface area contributed by atoms with Crippen molar-refractivity contribution in [3.63, 3.8) is 0 Å². The molecule has 0 fully saturated rings. The number of hydrogen-bond donors (Lipinski definition) is 3. The fraction of sp³-hybridized carbons (Fsp3) is 0.100. The van der Waals surface area contributed by atoms with E-state index in [2.05, 4.69) is 10.2 Å². The molecular formula is C10H12N2O2. The molecule has 0 unspecified atom stereocenters. The van der Waals surface area contributed by atoms with Gasteiger partial charge in [0.15, 0.2) is 0 Å². The van der Waals surface area contributed by atoms with Crippen molar-refractivity contribution >= 4 is 0 Å². The average molecular weight is 192 g/mol. The molecule has 1 aromatic heterocycles. The topological polar surface area (TPSA) is 68.9 Å². The van der Waals surface area contributed by atoms with Gasteiger partial charge in [0.1, 0.15) is 5.75 Å². The molecule has 0 atom stereocenters. The van der Waals surface area contributed by atoms with Gasteiger partial charge >= 0.3 is 0 Å². The number of aromatic nitrogens is 2. The molecule has 2 rings (SSSR count). The van der Waals surface area contributed by atoms with E-state index in [-0.39, 0.29) is 5.56 Å². The number of phenols is 1. The van der Waals surface area contributed by atoms with Gasteiger partial charge in [0, 0.05) is 12.3 Å². The summed E-state index contributed by atoms with van der Waals surface area (Å²) in [6, 6.07) is 8.67. The normalized spacial score (nSPS) is 8.93. The zero-order chi connectivity index (χ0) is 10.4. The molecule has 2 aromatic rings. The maximum absolute atomic E-state index is 9.98. The molecule has 14 heavy (non-hydrogen) atoms. The lowest BCUT2D eigenvalue weighted by atomic mass is 10.2. The van der Waals surface area contributed by atoms with E-state index < -0.39 is 0 Å². The van der Waals surface area contributed by atoms with Crippen LogP contribution >= 0.6 is 0 Å². The van der Waals surface area contributed by atoms with Gasteiger partial charge in [0.25, 0.3) is 5.56 Å². The van der Waals surface area contributed by atoms with Crippen molar-refractivity contribution in [2.75, 3.05) is 0 Å². The van der Waals surface area contributed by atoms with Crippen LogP contribution < -0.4 is 5.56 Å². The van der Waals surface area contributed by atoms with E-state index in [1.54, 1.807) is 12.3 Å². The van der Waals surface area contributed by atoms with Crippen molar-refractivity contribution in [1.29, 1.82) is 0 Å². The number of para-hydroxylation sites is 1. The minimum atomic E-state index is -0.0880. The molecule has 0 aliphatic heterocycles. The third-order valence-corrected chi connectivity index (χ3v) is 1.63. The summed E-state index contributed by atoms with van der Waals surface area (Å²) < 4.78 is 0. The second-order valence-corrected chi connectivity index (χ2v) is 2.75. The SMILES string of the molecule is Cc1ccccc1O.O=c1cc[nH][nH]1. The van der Waals surface area contributed by atoms with Crippen LogP contribution in [0.5, 0.6) is 5.75 Å². The van der Waals surface area contributed by atoms with E-state index in [0.29, 0.717) is 5.75 Å². The molecule has 3 N–H and O–H groups in total. The van der Waals surface area contributed by atoms with E-state index >= 15 is 0 Å². The van der Waals surface area contributed by atoms with Crippen LogP contribution in [0.25, 0.3) is 0 Å². The van der Waals surface area contributed by atoms with Crippen LogP contribution in [0.2, 0.25) is 0 Å². The van der Waals surface area contributed by atoms with E-state index in [4.69, 9.17) is 5.11 Å². The van der Waals surface area contributed by atoms with E-state index in [1.807, 2.05) is 25.1 Å². The van der Waals surface area contributed by atoms with Crippen LogP contribution in [0.1, 0.15) is 5.56 Å². The van der Waals surface area contributed by atoms with Crippen molar-refractivity contribution < 1.29 is 5.11 Å². The Morgan fingerprint density at radius 2 is 1.93 bits per heavy atom. The summed E-state index contributed by atoms with van der Waals surface area (Å²) in [6.07, 6.45) is 1.54. The lowest BCUT2D eigenvalue weighted by molar-refractivity contribution is 0.471. The molecule has 74 valence electrons. The highest BCUT2D eigenvalue weighted by molar-refractivity contribution is 5.29. The molecule has 4 heteroatoms. The molecule has 1 heterocycles. The van der Waals surface area contributed by atoms with Gasteiger partial charge in [0.2, 0.25) is 0 Å². The summed E-state index contributed by atoms with van der Waals surface area (Å²) in [6.45, 7) is 1.87. The number of H-pyrrole nitrogens is 2. The number of aromatic hydroxyl groups is 1. The Hall–Kier alpha value is -1.97. The van der Waals surface area contributed by atoms with Crippen LogP contribution in [-0.4, -0.2) is 15.3 Å². The largest absolute Gasteiger partial charge is 0.508 e. The Labute approximate surface area is 81.2 Å². The number of aryl methyl sites for hydroxylation is 1. The fourth-order valence-electron chi connectivity index (χ4n) is 0.835. The Morgan fingerprint density at radius 1 is 1.21 bits per heavy atom. The quantitative estimate of drug-likeness (QED) is 0.590. The average Bonchev–Trinajstić information content (AvgIpc) is 2.63. The van der Waals surface area contributed by atoms with E-state index in [1.165, 1.54) is 6.07 Å². The van der Waals surface area contributed by atoms with Crippen molar-refractivity contribution in [3.05, 3.63) is 52.4 Å². The van der Waals surface area contributed by atoms with Crippen LogP contribution in [-0.2, 0) is 0 Å². The lowest BCUT2D eigenvalue weighted by Crippen LogP contribution is -1.93. The molecule has 0 saturated carbocycles. The lowest BCUT2D eigenvalue weighted by Gasteiger charge is -1.92. The highest BCUT2D eigenvalue weighted by Gasteiger charge is 1.86. The first-order valence-electron chi connectivity index (χ1n) is 4.17. The molecule has 0 bridgehead atoms. The monoisotopic (exact) mass is 192 g/mol. The van der Waals surface area contributed by atoms with Crippen molar-refractivity contribution in [2.24, 2.45) is 0 Å². The summed E-state index contributed by atoms with van der Waals surface area (Å²) in [5.74, 6) is 0.368. The molecule has 4 nitrogen and oxygen atoms in total. The summed E-state index contributed by atoms with van der Waals surface area (Å²) in [7, 11) is 0. The maximum atomic E-state index is 9.98. The van der Waals surface area contributed by atoms with E-state index in [9.17, 15) is 4.79 Å². The van der Waals surface area contributed by atoms with Gasteiger partial charge in [-0.25, -0.2) is 0 Å². The molecule has 0 radical (unpaired) electrons. The summed E-state index contributed by atoms with van der Waals surface area (Å²) >= 11 is 0. The second kappa shape index (κ2) is 4.91. The first-order chi connectivity index (χ1) is 6.70. The smallest absolute Gasteiger partial charge is 0.263 e. The zero-order valence-corrected chi connectivity index (χ0v) is 7.82. The fourth-order valence-corrected chi connectivity index (χ4v) is 0.835. The predicted molar refractivity (Wildman–Crippen MR) is 54.3 cm³/mol. The standard InChI is InChI=1S/C7H8O.C3H4N2O/c1-6-4-2-3-5-7(6)8;6-3-1-2-4-5-3/h2-5,8H,1H3;1-2H,(H2,4,5,6). The van der Waals surface area contributed by atoms with Gasteiger partial charge in [-0.1, -0.05) is 18.2 Å². The van der Waals surface area contributed by atoms with Crippen molar-refractivity contribution in [2.45, 2.75) is 6.92 Å². The molecule has 0 spiro atoms. The van der Waals surface area contributed by atoms with Gasteiger partial charge in [-0.05, 0) is 18.6 Å². The van der Waals surface area contributed by atoms with E-state index in [0.717, 1.165) is 5.56 Å². The minimum absolute atomic E-state index is 0.0880. The number of phenolic OH excluding ortho intramolecular Hbond substituents is 1. The van der Waals surface area contributed by atoms with Gasteiger partial charge in [0.05, 0.1) is 0 Å². The minimum Gasteiger partial charge on any atom is -0.508 e. The number of hydrogen-bond acceptors (Lipinski definition) is 2. The summed E-state index contributed by atoms with van der Waals surface area (Å²) in [5, 5.41) is 13.7. The molecule has 0 saturated heterocycles. The van der Waals surface area contributed by atoms with Crippen molar-refractivity contribution in [3.8, 4) is 5.75 Å². The number of benzene rings is 1. The van der Waals surface area contributed by atoms with Crippen LogP contribution in [0.4, 0.5) is 0 Å². The number of rotatable bonds is 0. The molecule has 0 aliphatic carbocycles. The van der Waals surface area contributed by atoms with Crippen LogP contribution in [0.15, 0.2) is 41.3 Å². The molecular weight excluding hydrogens is 180 g/mol. The summed E-state index contributed by atoms with van der Waals surface area (Å²) in [5.41, 5.74) is 0.836. The highest BCUT2D eigenvalue weighted by atomic mass is 16.3. The molecule has 0 amide bonds. The van der Waals surface area contributed by atoms with Crippen LogP contribution in [0, 0.1) is 6.92 Å². The number of aromatic amines is 2. The van der Waals surface area contributed by atoms with Crippen LogP contribution in [0.3, 0.4) is 0 Å². The zero-order valence-electron chi connectivity index (χ0n) is 7.82. The summed E-state index contributed by atoms with van der Waals surface area (Å²) in [4.78, 5) is 9.98. The van der Waals surface area contributed by atoms with Gasteiger partial charge in [-0.2, -0.15) is 0 Å². The first-order valence-corrected chi connectivity index (χ1v) is 4.17. The third kappa shape index (κ3) is 3.18. The van der Waals surface area contributed by atoms with Crippen molar-refractivity contribution in [1.82, 2.24) is 10.2 Å². The highest BCUT2D eigenvalue weighted by Crippen LogP contribution is 2.12. The second-order valence-electron chi connectivity index (χ2n) is 2.75. The Balaban J connectivity index is 0.000000146. The maximum Gasteiger partial charge on any atom is 0.263 e. The molecule has 1 aromatic carbocycles.